The van der Waals surface area contributed by atoms with Gasteiger partial charge in [-0.1, -0.05) is 15.9 Å². The van der Waals surface area contributed by atoms with Crippen LogP contribution in [0.2, 0.25) is 0 Å². The third kappa shape index (κ3) is 2.80. The second-order valence-electron chi connectivity index (χ2n) is 4.62. The minimum atomic E-state index is -0.467. The molecule has 0 atom stereocenters. The lowest BCUT2D eigenvalue weighted by atomic mass is 10.2. The Balaban J connectivity index is 2.13. The molecule has 0 aliphatic carbocycles. The van der Waals surface area contributed by atoms with Crippen LogP contribution in [0.5, 0.6) is 0 Å². The monoisotopic (exact) mass is 370 g/mol. The molecule has 0 fully saturated rings. The van der Waals surface area contributed by atoms with Gasteiger partial charge in [-0.15, -0.1) is 11.6 Å². The van der Waals surface area contributed by atoms with Gasteiger partial charge in [0.1, 0.15) is 17.5 Å². The Morgan fingerprint density at radius 2 is 1.95 bits per heavy atom. The van der Waals surface area contributed by atoms with Gasteiger partial charge >= 0.3 is 0 Å². The summed E-state index contributed by atoms with van der Waals surface area (Å²) in [5.41, 5.74) is 1.86. The van der Waals surface area contributed by atoms with Crippen molar-refractivity contribution in [2.24, 2.45) is 0 Å². The average Bonchev–Trinajstić information content (AvgIpc) is 2.80. The summed E-state index contributed by atoms with van der Waals surface area (Å²) in [7, 11) is 0. The standard InChI is InChI=1S/C15H10BrClF2N2/c16-10-1-4-14-13(6-10)20-15(7-17)21(14)8-9-5-11(18)2-3-12(9)19/h1-6H,7-8H2. The topological polar surface area (TPSA) is 17.8 Å². The lowest BCUT2D eigenvalue weighted by Crippen LogP contribution is -2.06. The van der Waals surface area contributed by atoms with E-state index in [1.165, 1.54) is 6.07 Å². The maximum atomic E-state index is 13.8. The number of alkyl halides is 1. The Labute approximate surface area is 133 Å². The lowest BCUT2D eigenvalue weighted by Gasteiger charge is -2.09. The van der Waals surface area contributed by atoms with E-state index in [9.17, 15) is 8.78 Å². The molecule has 6 heteroatoms. The van der Waals surface area contributed by atoms with Crippen LogP contribution in [0.1, 0.15) is 11.4 Å². The Morgan fingerprint density at radius 1 is 1.14 bits per heavy atom. The van der Waals surface area contributed by atoms with Gasteiger partial charge in [0.05, 0.1) is 23.5 Å². The van der Waals surface area contributed by atoms with Gasteiger partial charge < -0.3 is 4.57 Å². The van der Waals surface area contributed by atoms with Crippen LogP contribution in [-0.2, 0) is 12.4 Å². The summed E-state index contributed by atoms with van der Waals surface area (Å²) < 4.78 is 29.8. The zero-order valence-electron chi connectivity index (χ0n) is 10.8. The van der Waals surface area contributed by atoms with Crippen LogP contribution >= 0.6 is 27.5 Å². The van der Waals surface area contributed by atoms with E-state index in [1.807, 2.05) is 18.2 Å². The highest BCUT2D eigenvalue weighted by molar-refractivity contribution is 9.10. The molecule has 0 bridgehead atoms. The summed E-state index contributed by atoms with van der Waals surface area (Å²) in [5, 5.41) is 0. The number of hydrogen-bond donors (Lipinski definition) is 0. The number of halogens is 4. The molecule has 0 aliphatic heterocycles. The van der Waals surface area contributed by atoms with Gasteiger partial charge in [0.15, 0.2) is 0 Å². The normalized spacial score (nSPS) is 11.2. The number of rotatable bonds is 3. The van der Waals surface area contributed by atoms with Crippen LogP contribution in [0.25, 0.3) is 11.0 Å². The van der Waals surface area contributed by atoms with Gasteiger partial charge in [-0.05, 0) is 36.4 Å². The molecule has 108 valence electrons. The van der Waals surface area contributed by atoms with Crippen molar-refractivity contribution in [2.75, 3.05) is 0 Å². The predicted octanol–water partition coefficient (Wildman–Crippen LogP) is 4.86. The molecule has 0 amide bonds. The van der Waals surface area contributed by atoms with Crippen molar-refractivity contribution < 1.29 is 8.78 Å². The van der Waals surface area contributed by atoms with Crippen molar-refractivity contribution in [2.45, 2.75) is 12.4 Å². The quantitative estimate of drug-likeness (QED) is 0.601. The zero-order chi connectivity index (χ0) is 15.0. The molecule has 21 heavy (non-hydrogen) atoms. The molecule has 1 aromatic heterocycles. The summed E-state index contributed by atoms with van der Waals surface area (Å²) >= 11 is 9.30. The van der Waals surface area contributed by atoms with Gasteiger partial charge in [-0.3, -0.25) is 0 Å². The minimum Gasteiger partial charge on any atom is -0.322 e. The fraction of sp³-hybridized carbons (Fsp3) is 0.133. The molecule has 3 rings (SSSR count). The summed E-state index contributed by atoms with van der Waals surface area (Å²) in [6.45, 7) is 0.184. The Morgan fingerprint density at radius 3 is 2.71 bits per heavy atom. The minimum absolute atomic E-state index is 0.184. The van der Waals surface area contributed by atoms with Gasteiger partial charge in [0.2, 0.25) is 0 Å². The molecule has 2 aromatic carbocycles. The van der Waals surface area contributed by atoms with Crippen molar-refractivity contribution >= 4 is 38.6 Å². The third-order valence-corrected chi connectivity index (χ3v) is 3.98. The number of aromatic nitrogens is 2. The van der Waals surface area contributed by atoms with E-state index in [0.29, 0.717) is 5.82 Å². The lowest BCUT2D eigenvalue weighted by molar-refractivity contribution is 0.577. The van der Waals surface area contributed by atoms with Crippen molar-refractivity contribution in [3.05, 3.63) is 63.9 Å². The molecule has 0 saturated heterocycles. The van der Waals surface area contributed by atoms with Crippen molar-refractivity contribution in [3.63, 3.8) is 0 Å². The molecule has 0 N–H and O–H groups in total. The van der Waals surface area contributed by atoms with Crippen LogP contribution in [0.15, 0.2) is 40.9 Å². The average molecular weight is 372 g/mol. The van der Waals surface area contributed by atoms with Gasteiger partial charge in [-0.25, -0.2) is 13.8 Å². The van der Waals surface area contributed by atoms with Gasteiger partial charge in [0.25, 0.3) is 0 Å². The Bertz CT molecular complexity index is 817. The molecule has 0 spiro atoms. The fourth-order valence-electron chi connectivity index (χ4n) is 2.27. The van der Waals surface area contributed by atoms with E-state index in [4.69, 9.17) is 11.6 Å². The number of benzene rings is 2. The molecule has 0 saturated carbocycles. The third-order valence-electron chi connectivity index (χ3n) is 3.25. The SMILES string of the molecule is Fc1ccc(F)c(Cn2c(CCl)nc3cc(Br)ccc32)c1. The molecule has 0 aliphatic rings. The molecule has 1 heterocycles. The number of nitrogens with zero attached hydrogens (tertiary/aromatic N) is 2. The number of fused-ring (bicyclic) bond motifs is 1. The summed E-state index contributed by atoms with van der Waals surface area (Å²) in [6, 6.07) is 9.03. The molecule has 2 nitrogen and oxygen atoms in total. The van der Waals surface area contributed by atoms with Crippen molar-refractivity contribution in [1.82, 2.24) is 9.55 Å². The molecule has 0 radical (unpaired) electrons. The highest BCUT2D eigenvalue weighted by atomic mass is 79.9. The molecule has 0 unspecified atom stereocenters. The largest absolute Gasteiger partial charge is 0.322 e. The highest BCUT2D eigenvalue weighted by Gasteiger charge is 2.13. The van der Waals surface area contributed by atoms with Crippen LogP contribution in [0, 0.1) is 11.6 Å². The Hall–Kier alpha value is -1.46. The molecule has 3 aromatic rings. The maximum absolute atomic E-state index is 13.8. The number of hydrogen-bond acceptors (Lipinski definition) is 1. The second kappa shape index (κ2) is 5.73. The van der Waals surface area contributed by atoms with Crippen LogP contribution < -0.4 is 0 Å². The first-order valence-electron chi connectivity index (χ1n) is 6.23. The molecular weight excluding hydrogens is 362 g/mol. The van der Waals surface area contributed by atoms with E-state index in [-0.39, 0.29) is 18.0 Å². The van der Waals surface area contributed by atoms with Gasteiger partial charge in [0, 0.05) is 10.0 Å². The van der Waals surface area contributed by atoms with Crippen LogP contribution in [-0.4, -0.2) is 9.55 Å². The van der Waals surface area contributed by atoms with E-state index >= 15 is 0 Å². The second-order valence-corrected chi connectivity index (χ2v) is 5.80. The fourth-order valence-corrected chi connectivity index (χ4v) is 2.82. The first-order valence-corrected chi connectivity index (χ1v) is 7.56. The van der Waals surface area contributed by atoms with Crippen molar-refractivity contribution in [1.29, 1.82) is 0 Å². The van der Waals surface area contributed by atoms with Gasteiger partial charge in [-0.2, -0.15) is 0 Å². The summed E-state index contributed by atoms with van der Waals surface area (Å²) in [5.74, 6) is -0.0984. The smallest absolute Gasteiger partial charge is 0.128 e. The Kier molecular flexibility index (Phi) is 3.95. The summed E-state index contributed by atoms with van der Waals surface area (Å²) in [6.07, 6.45) is 0. The summed E-state index contributed by atoms with van der Waals surface area (Å²) in [4.78, 5) is 4.43. The van der Waals surface area contributed by atoms with E-state index in [0.717, 1.165) is 27.6 Å². The first-order chi connectivity index (χ1) is 10.1. The maximum Gasteiger partial charge on any atom is 0.128 e. The van der Waals surface area contributed by atoms with E-state index in [2.05, 4.69) is 20.9 Å². The highest BCUT2D eigenvalue weighted by Crippen LogP contribution is 2.23. The first kappa shape index (κ1) is 14.5. The van der Waals surface area contributed by atoms with Crippen LogP contribution in [0.4, 0.5) is 8.78 Å². The van der Waals surface area contributed by atoms with E-state index < -0.39 is 11.6 Å². The molecular formula is C15H10BrClF2N2. The predicted molar refractivity (Wildman–Crippen MR) is 82.5 cm³/mol. The zero-order valence-corrected chi connectivity index (χ0v) is 13.1. The van der Waals surface area contributed by atoms with Crippen molar-refractivity contribution in [3.8, 4) is 0 Å². The van der Waals surface area contributed by atoms with Crippen LogP contribution in [0.3, 0.4) is 0 Å². The number of imidazole rings is 1. The van der Waals surface area contributed by atoms with E-state index in [1.54, 1.807) is 4.57 Å².